The van der Waals surface area contributed by atoms with Crippen LogP contribution in [0.5, 0.6) is 5.75 Å². The van der Waals surface area contributed by atoms with Crippen molar-refractivity contribution in [2.24, 2.45) is 5.92 Å². The quantitative estimate of drug-likeness (QED) is 0.132. The van der Waals surface area contributed by atoms with Gasteiger partial charge in [0.15, 0.2) is 4.34 Å². The number of aromatic nitrogens is 2. The summed E-state index contributed by atoms with van der Waals surface area (Å²) in [5, 5.41) is 22.2. The third kappa shape index (κ3) is 6.51. The lowest BCUT2D eigenvalue weighted by Crippen LogP contribution is -2.21. The molecule has 0 fully saturated rings. The highest BCUT2D eigenvalue weighted by Gasteiger charge is 2.21. The third-order valence-electron chi connectivity index (χ3n) is 5.11. The molecule has 2 aromatic heterocycles. The second kappa shape index (κ2) is 11.7. The number of carbonyl (C=O) groups excluding carboxylic acids is 2. The molecule has 11 nitrogen and oxygen atoms in total. The summed E-state index contributed by atoms with van der Waals surface area (Å²) in [6.45, 7) is 5.32. The van der Waals surface area contributed by atoms with E-state index in [2.05, 4.69) is 15.5 Å². The summed E-state index contributed by atoms with van der Waals surface area (Å²) in [4.78, 5) is 47.5. The van der Waals surface area contributed by atoms with E-state index in [0.29, 0.717) is 15.2 Å². The molecule has 0 aliphatic heterocycles. The average molecular weight is 519 g/mol. The van der Waals surface area contributed by atoms with Crippen molar-refractivity contribution in [3.05, 3.63) is 67.8 Å². The molecule has 0 radical (unpaired) electrons. The predicted octanol–water partition coefficient (Wildman–Crippen LogP) is 4.59. The number of esters is 1. The third-order valence-corrected chi connectivity index (χ3v) is 7.10. The van der Waals surface area contributed by atoms with E-state index in [1.165, 1.54) is 54.3 Å². The SMILES string of the molecule is CCC(CC)C(=O)Nc1nnc(SCc2cc(=O)c(OC(=O)c3cccc([N+](=O)[O-])c3C)co2)s1. The molecule has 0 saturated carbocycles. The van der Waals surface area contributed by atoms with Crippen LogP contribution in [0.4, 0.5) is 10.8 Å². The van der Waals surface area contributed by atoms with Crippen LogP contribution in [0.25, 0.3) is 0 Å². The topological polar surface area (TPSA) is 155 Å². The van der Waals surface area contributed by atoms with Gasteiger partial charge in [0, 0.05) is 23.6 Å². The highest BCUT2D eigenvalue weighted by Crippen LogP contribution is 2.29. The van der Waals surface area contributed by atoms with Crippen molar-refractivity contribution in [1.29, 1.82) is 0 Å². The Bertz CT molecular complexity index is 1300. The van der Waals surface area contributed by atoms with E-state index in [0.717, 1.165) is 19.1 Å². The van der Waals surface area contributed by atoms with Crippen molar-refractivity contribution in [2.75, 3.05) is 5.32 Å². The van der Waals surface area contributed by atoms with Crippen molar-refractivity contribution in [3.8, 4) is 5.75 Å². The fourth-order valence-corrected chi connectivity index (χ4v) is 4.75. The van der Waals surface area contributed by atoms with Gasteiger partial charge in [0.05, 0.1) is 16.2 Å². The van der Waals surface area contributed by atoms with Crippen LogP contribution in [-0.4, -0.2) is 27.0 Å². The number of thioether (sulfide) groups is 1. The van der Waals surface area contributed by atoms with Crippen LogP contribution in [0, 0.1) is 23.0 Å². The number of amides is 1. The highest BCUT2D eigenvalue weighted by molar-refractivity contribution is 8.00. The molecule has 0 atom stereocenters. The Morgan fingerprint density at radius 1 is 1.29 bits per heavy atom. The molecule has 3 rings (SSSR count). The molecule has 1 N–H and O–H groups in total. The van der Waals surface area contributed by atoms with E-state index in [4.69, 9.17) is 9.15 Å². The molecule has 0 aliphatic carbocycles. The molecule has 1 amide bonds. The van der Waals surface area contributed by atoms with Crippen LogP contribution in [0.2, 0.25) is 0 Å². The molecule has 184 valence electrons. The van der Waals surface area contributed by atoms with E-state index in [9.17, 15) is 24.5 Å². The zero-order valence-electron chi connectivity index (χ0n) is 19.1. The molecule has 13 heteroatoms. The molecule has 0 saturated heterocycles. The summed E-state index contributed by atoms with van der Waals surface area (Å²) in [5.74, 6) is -0.863. The van der Waals surface area contributed by atoms with Gasteiger partial charge in [-0.25, -0.2) is 4.79 Å². The number of nitrogens with one attached hydrogen (secondary N) is 1. The number of benzene rings is 1. The van der Waals surface area contributed by atoms with E-state index in [-0.39, 0.29) is 40.1 Å². The van der Waals surface area contributed by atoms with E-state index >= 15 is 0 Å². The van der Waals surface area contributed by atoms with Crippen molar-refractivity contribution < 1.29 is 23.7 Å². The number of carbonyl (C=O) groups is 2. The van der Waals surface area contributed by atoms with Crippen LogP contribution < -0.4 is 15.5 Å². The van der Waals surface area contributed by atoms with Crippen LogP contribution in [0.15, 0.2) is 44.1 Å². The molecule has 0 bridgehead atoms. The predicted molar refractivity (Wildman–Crippen MR) is 130 cm³/mol. The second-order valence-electron chi connectivity index (χ2n) is 7.34. The standard InChI is InChI=1S/C22H22N4O7S2/c1-4-13(5-2)19(28)23-21-24-25-22(35-21)34-11-14-9-17(27)18(10-32-14)33-20(29)15-7-6-8-16(12(15)3)26(30)31/h6-10,13H,4-5,11H2,1-3H3,(H,23,24,28). The normalized spacial score (nSPS) is 10.9. The first-order valence-electron chi connectivity index (χ1n) is 10.6. The molecular formula is C22H22N4O7S2. The Kier molecular flexibility index (Phi) is 8.71. The lowest BCUT2D eigenvalue weighted by Gasteiger charge is -2.09. The smallest absolute Gasteiger partial charge is 0.344 e. The first kappa shape index (κ1) is 26.0. The molecule has 3 aromatic rings. The van der Waals surface area contributed by atoms with Crippen LogP contribution in [-0.2, 0) is 10.5 Å². The van der Waals surface area contributed by atoms with Gasteiger partial charge in [-0.15, -0.1) is 10.2 Å². The van der Waals surface area contributed by atoms with Crippen LogP contribution >= 0.6 is 23.1 Å². The van der Waals surface area contributed by atoms with Gasteiger partial charge in [-0.05, 0) is 25.8 Å². The zero-order valence-corrected chi connectivity index (χ0v) is 20.7. The number of ether oxygens (including phenoxy) is 1. The van der Waals surface area contributed by atoms with Crippen LogP contribution in [0.1, 0.15) is 48.4 Å². The lowest BCUT2D eigenvalue weighted by atomic mass is 10.0. The minimum absolute atomic E-state index is 0.0263. The minimum atomic E-state index is -0.905. The first-order valence-corrected chi connectivity index (χ1v) is 12.4. The summed E-state index contributed by atoms with van der Waals surface area (Å²) < 4.78 is 11.1. The Labute approximate surface area is 208 Å². The maximum atomic E-state index is 12.4. The van der Waals surface area contributed by atoms with Gasteiger partial charge in [-0.3, -0.25) is 19.7 Å². The number of hydrogen-bond acceptors (Lipinski definition) is 11. The lowest BCUT2D eigenvalue weighted by molar-refractivity contribution is -0.385. The largest absolute Gasteiger partial charge is 0.464 e. The number of nitro benzene ring substituents is 1. The molecule has 0 unspecified atom stereocenters. The Morgan fingerprint density at radius 3 is 2.69 bits per heavy atom. The van der Waals surface area contributed by atoms with Crippen LogP contribution in [0.3, 0.4) is 0 Å². The van der Waals surface area contributed by atoms with Gasteiger partial charge in [-0.1, -0.05) is 43.0 Å². The second-order valence-corrected chi connectivity index (χ2v) is 9.54. The van der Waals surface area contributed by atoms with Gasteiger partial charge in [-0.2, -0.15) is 0 Å². The Balaban J connectivity index is 1.62. The summed E-state index contributed by atoms with van der Waals surface area (Å²) in [5.41, 5.74) is -0.707. The van der Waals surface area contributed by atoms with Crippen molar-refractivity contribution >= 4 is 45.8 Å². The molecule has 35 heavy (non-hydrogen) atoms. The minimum Gasteiger partial charge on any atom is -0.464 e. The van der Waals surface area contributed by atoms with Gasteiger partial charge >= 0.3 is 5.97 Å². The zero-order chi connectivity index (χ0) is 25.5. The number of nitrogens with zero attached hydrogens (tertiary/aromatic N) is 3. The van der Waals surface area contributed by atoms with E-state index < -0.39 is 16.3 Å². The fraction of sp³-hybridized carbons (Fsp3) is 0.318. The number of rotatable bonds is 10. The molecular weight excluding hydrogens is 496 g/mol. The molecule has 1 aromatic carbocycles. The summed E-state index contributed by atoms with van der Waals surface area (Å²) >= 11 is 2.47. The number of anilines is 1. The molecule has 0 spiro atoms. The van der Waals surface area contributed by atoms with Gasteiger partial charge in [0.25, 0.3) is 5.69 Å². The van der Waals surface area contributed by atoms with E-state index in [1.807, 2.05) is 13.8 Å². The van der Waals surface area contributed by atoms with Crippen molar-refractivity contribution in [2.45, 2.75) is 43.7 Å². The first-order chi connectivity index (χ1) is 16.7. The Morgan fingerprint density at radius 2 is 2.03 bits per heavy atom. The highest BCUT2D eigenvalue weighted by atomic mass is 32.2. The molecule has 0 aliphatic rings. The maximum Gasteiger partial charge on any atom is 0.344 e. The monoisotopic (exact) mass is 518 g/mol. The Hall–Kier alpha value is -3.58. The molecule has 2 heterocycles. The fourth-order valence-electron chi connectivity index (χ4n) is 3.10. The summed E-state index contributed by atoms with van der Waals surface area (Å²) in [7, 11) is 0. The number of hydrogen-bond donors (Lipinski definition) is 1. The van der Waals surface area contributed by atoms with Crippen molar-refractivity contribution in [3.63, 3.8) is 0 Å². The maximum absolute atomic E-state index is 12.4. The van der Waals surface area contributed by atoms with Gasteiger partial charge < -0.3 is 14.5 Å². The van der Waals surface area contributed by atoms with E-state index in [1.54, 1.807) is 0 Å². The van der Waals surface area contributed by atoms with Gasteiger partial charge in [0.2, 0.25) is 22.2 Å². The summed E-state index contributed by atoms with van der Waals surface area (Å²) in [6, 6.07) is 5.20. The van der Waals surface area contributed by atoms with Gasteiger partial charge in [0.1, 0.15) is 12.0 Å². The average Bonchev–Trinajstić information content (AvgIpc) is 3.27. The number of nitro groups is 1. The van der Waals surface area contributed by atoms with Crippen molar-refractivity contribution in [1.82, 2.24) is 10.2 Å². The summed E-state index contributed by atoms with van der Waals surface area (Å²) in [6.07, 6.45) is 2.49.